The molecule has 0 aromatic heterocycles. The van der Waals surface area contributed by atoms with E-state index in [1.165, 1.54) is 0 Å². The lowest BCUT2D eigenvalue weighted by Crippen LogP contribution is -2.27. The summed E-state index contributed by atoms with van der Waals surface area (Å²) in [5.74, 6) is 0.881. The number of benzene rings is 1. The van der Waals surface area contributed by atoms with Crippen LogP contribution in [0.25, 0.3) is 0 Å². The van der Waals surface area contributed by atoms with Crippen LogP contribution >= 0.6 is 0 Å². The van der Waals surface area contributed by atoms with Gasteiger partial charge in [0.25, 0.3) is 0 Å². The highest BCUT2D eigenvalue weighted by Crippen LogP contribution is 2.20. The van der Waals surface area contributed by atoms with Crippen molar-refractivity contribution < 1.29 is 14.2 Å². The van der Waals surface area contributed by atoms with Gasteiger partial charge in [-0.15, -0.1) is 0 Å². The predicted molar refractivity (Wildman–Crippen MR) is 73.6 cm³/mol. The minimum atomic E-state index is 0.644. The molecule has 0 radical (unpaired) electrons. The largest absolute Gasteiger partial charge is 0.497 e. The minimum absolute atomic E-state index is 0.644. The molecule has 0 fully saturated rings. The summed E-state index contributed by atoms with van der Waals surface area (Å²) < 4.78 is 15.7. The lowest BCUT2D eigenvalue weighted by Gasteiger charge is -2.23. The number of ether oxygens (including phenoxy) is 3. The van der Waals surface area contributed by atoms with Crippen LogP contribution in [0.15, 0.2) is 24.3 Å². The van der Waals surface area contributed by atoms with Crippen LogP contribution in [0.4, 0.5) is 5.69 Å². The van der Waals surface area contributed by atoms with Crippen LogP contribution in [0.2, 0.25) is 0 Å². The molecule has 1 aromatic carbocycles. The Morgan fingerprint density at radius 3 is 2.61 bits per heavy atom. The Kier molecular flexibility index (Phi) is 7.22. The van der Waals surface area contributed by atoms with Crippen molar-refractivity contribution in [2.24, 2.45) is 0 Å². The van der Waals surface area contributed by atoms with Gasteiger partial charge < -0.3 is 19.1 Å². The van der Waals surface area contributed by atoms with Crippen LogP contribution in [0.5, 0.6) is 5.75 Å². The molecule has 0 atom stereocenters. The summed E-state index contributed by atoms with van der Waals surface area (Å²) in [4.78, 5) is 2.26. The minimum Gasteiger partial charge on any atom is -0.497 e. The Morgan fingerprint density at radius 2 is 1.94 bits per heavy atom. The third kappa shape index (κ3) is 4.94. The Balaban J connectivity index is 2.44. The molecule has 0 amide bonds. The van der Waals surface area contributed by atoms with Gasteiger partial charge in [0.1, 0.15) is 5.75 Å². The smallest absolute Gasteiger partial charge is 0.120 e. The van der Waals surface area contributed by atoms with Crippen LogP contribution in [0, 0.1) is 0 Å². The summed E-state index contributed by atoms with van der Waals surface area (Å²) in [6, 6.07) is 8.08. The van der Waals surface area contributed by atoms with Gasteiger partial charge in [0.2, 0.25) is 0 Å². The van der Waals surface area contributed by atoms with E-state index in [9.17, 15) is 0 Å². The van der Waals surface area contributed by atoms with Crippen LogP contribution in [0.1, 0.15) is 6.92 Å². The van der Waals surface area contributed by atoms with E-state index in [1.54, 1.807) is 14.2 Å². The first kappa shape index (κ1) is 14.8. The van der Waals surface area contributed by atoms with Crippen molar-refractivity contribution >= 4 is 5.69 Å². The Labute approximate surface area is 109 Å². The van der Waals surface area contributed by atoms with Crippen molar-refractivity contribution in [1.82, 2.24) is 0 Å². The first-order valence-electron chi connectivity index (χ1n) is 6.27. The van der Waals surface area contributed by atoms with E-state index in [0.717, 1.165) is 24.5 Å². The molecule has 0 aliphatic heterocycles. The number of rotatable bonds is 9. The average Bonchev–Trinajstić information content (AvgIpc) is 2.43. The van der Waals surface area contributed by atoms with Crippen molar-refractivity contribution in [2.75, 3.05) is 52.0 Å². The van der Waals surface area contributed by atoms with Gasteiger partial charge in [0.15, 0.2) is 0 Å². The molecule has 1 aromatic rings. The summed E-state index contributed by atoms with van der Waals surface area (Å²) in [6.45, 7) is 5.94. The fourth-order valence-corrected chi connectivity index (χ4v) is 1.70. The van der Waals surface area contributed by atoms with Gasteiger partial charge in [-0.1, -0.05) is 6.07 Å². The van der Waals surface area contributed by atoms with E-state index >= 15 is 0 Å². The van der Waals surface area contributed by atoms with Crippen molar-refractivity contribution in [1.29, 1.82) is 0 Å². The van der Waals surface area contributed by atoms with Crippen LogP contribution in [0.3, 0.4) is 0 Å². The number of methoxy groups -OCH3 is 2. The number of likely N-dealkylation sites (N-methyl/N-ethyl adjacent to an activating group) is 1. The summed E-state index contributed by atoms with van der Waals surface area (Å²) in [6.07, 6.45) is 0. The van der Waals surface area contributed by atoms with Gasteiger partial charge in [-0.2, -0.15) is 0 Å². The quantitative estimate of drug-likeness (QED) is 0.631. The molecule has 18 heavy (non-hydrogen) atoms. The first-order valence-corrected chi connectivity index (χ1v) is 6.27. The normalized spacial score (nSPS) is 10.4. The second-order valence-corrected chi connectivity index (χ2v) is 3.89. The fourth-order valence-electron chi connectivity index (χ4n) is 1.70. The highest BCUT2D eigenvalue weighted by Gasteiger charge is 2.05. The van der Waals surface area contributed by atoms with Crippen molar-refractivity contribution in [3.8, 4) is 5.75 Å². The lowest BCUT2D eigenvalue weighted by molar-refractivity contribution is 0.0741. The highest BCUT2D eigenvalue weighted by molar-refractivity contribution is 5.50. The molecule has 0 saturated heterocycles. The number of hydrogen-bond acceptors (Lipinski definition) is 4. The Morgan fingerprint density at radius 1 is 1.11 bits per heavy atom. The first-order chi connectivity index (χ1) is 8.81. The Hall–Kier alpha value is -1.26. The van der Waals surface area contributed by atoms with Crippen molar-refractivity contribution in [2.45, 2.75) is 6.92 Å². The zero-order chi connectivity index (χ0) is 13.2. The van der Waals surface area contributed by atoms with E-state index < -0.39 is 0 Å². The molecule has 0 heterocycles. The molecule has 0 saturated carbocycles. The molecule has 4 heteroatoms. The number of hydrogen-bond donors (Lipinski definition) is 0. The molecule has 0 aliphatic carbocycles. The van der Waals surface area contributed by atoms with Gasteiger partial charge in [-0.05, 0) is 19.1 Å². The molecule has 102 valence electrons. The number of anilines is 1. The van der Waals surface area contributed by atoms with Crippen LogP contribution in [-0.2, 0) is 9.47 Å². The standard InChI is InChI=1S/C14H23NO3/c1-4-15(8-9-18-11-10-16-2)13-6-5-7-14(12-13)17-3/h5-7,12H,4,8-11H2,1-3H3. The predicted octanol–water partition coefficient (Wildman–Crippen LogP) is 2.18. The molecular formula is C14H23NO3. The van der Waals surface area contributed by atoms with Gasteiger partial charge in [-0.3, -0.25) is 0 Å². The van der Waals surface area contributed by atoms with Crippen molar-refractivity contribution in [3.05, 3.63) is 24.3 Å². The highest BCUT2D eigenvalue weighted by atomic mass is 16.5. The average molecular weight is 253 g/mol. The third-order valence-corrected chi connectivity index (χ3v) is 2.74. The van der Waals surface area contributed by atoms with E-state index in [4.69, 9.17) is 14.2 Å². The molecule has 0 spiro atoms. The lowest BCUT2D eigenvalue weighted by atomic mass is 10.2. The van der Waals surface area contributed by atoms with Crippen LogP contribution < -0.4 is 9.64 Å². The van der Waals surface area contributed by atoms with E-state index in [2.05, 4.69) is 17.9 Å². The second-order valence-electron chi connectivity index (χ2n) is 3.89. The maximum atomic E-state index is 5.49. The maximum absolute atomic E-state index is 5.49. The van der Waals surface area contributed by atoms with Gasteiger partial charge >= 0.3 is 0 Å². The van der Waals surface area contributed by atoms with E-state index in [0.29, 0.717) is 19.8 Å². The zero-order valence-electron chi connectivity index (χ0n) is 11.5. The van der Waals surface area contributed by atoms with E-state index in [1.807, 2.05) is 18.2 Å². The van der Waals surface area contributed by atoms with Crippen molar-refractivity contribution in [3.63, 3.8) is 0 Å². The SMILES string of the molecule is CCN(CCOCCOC)c1cccc(OC)c1. The summed E-state index contributed by atoms with van der Waals surface area (Å²) in [7, 11) is 3.36. The monoisotopic (exact) mass is 253 g/mol. The summed E-state index contributed by atoms with van der Waals surface area (Å²) in [5.41, 5.74) is 1.16. The Bertz CT molecular complexity index is 331. The topological polar surface area (TPSA) is 30.9 Å². The summed E-state index contributed by atoms with van der Waals surface area (Å²) >= 11 is 0. The van der Waals surface area contributed by atoms with Gasteiger partial charge in [0.05, 0.1) is 26.9 Å². The fraction of sp³-hybridized carbons (Fsp3) is 0.571. The maximum Gasteiger partial charge on any atom is 0.120 e. The molecule has 1 rings (SSSR count). The molecular weight excluding hydrogens is 230 g/mol. The van der Waals surface area contributed by atoms with E-state index in [-0.39, 0.29) is 0 Å². The molecule has 0 N–H and O–H groups in total. The molecule has 4 nitrogen and oxygen atoms in total. The molecule has 0 bridgehead atoms. The third-order valence-electron chi connectivity index (χ3n) is 2.74. The van der Waals surface area contributed by atoms with Gasteiger partial charge in [0, 0.05) is 32.0 Å². The molecule has 0 aliphatic rings. The molecule has 0 unspecified atom stereocenters. The summed E-state index contributed by atoms with van der Waals surface area (Å²) in [5, 5.41) is 0. The second kappa shape index (κ2) is 8.78. The number of nitrogens with zero attached hydrogens (tertiary/aromatic N) is 1. The van der Waals surface area contributed by atoms with Crippen LogP contribution in [-0.4, -0.2) is 47.1 Å². The zero-order valence-corrected chi connectivity index (χ0v) is 11.5. The van der Waals surface area contributed by atoms with Gasteiger partial charge in [-0.25, -0.2) is 0 Å².